The van der Waals surface area contributed by atoms with Gasteiger partial charge < -0.3 is 9.30 Å². The van der Waals surface area contributed by atoms with Crippen LogP contribution in [0, 0.1) is 0 Å². The molecule has 0 aromatic carbocycles. The Labute approximate surface area is 145 Å². The van der Waals surface area contributed by atoms with E-state index in [-0.39, 0.29) is 5.97 Å². The summed E-state index contributed by atoms with van der Waals surface area (Å²) >= 11 is 1.46. The minimum absolute atomic E-state index is 0.248. The highest BCUT2D eigenvalue weighted by atomic mass is 32.1. The maximum absolute atomic E-state index is 11.6. The van der Waals surface area contributed by atoms with Crippen molar-refractivity contribution >= 4 is 17.3 Å². The predicted octanol–water partition coefficient (Wildman–Crippen LogP) is 2.45. The quantitative estimate of drug-likeness (QED) is 0.796. The van der Waals surface area contributed by atoms with Crippen LogP contribution in [0.25, 0.3) is 0 Å². The zero-order chi connectivity index (χ0) is 16.5. The number of carbonyl (C=O) groups is 1. The molecule has 128 valence electrons. The van der Waals surface area contributed by atoms with E-state index in [2.05, 4.69) is 25.0 Å². The Morgan fingerprint density at radius 3 is 3.17 bits per heavy atom. The van der Waals surface area contributed by atoms with Crippen LogP contribution in [0.4, 0.5) is 0 Å². The lowest BCUT2D eigenvalue weighted by Crippen LogP contribution is -2.34. The zero-order valence-corrected chi connectivity index (χ0v) is 14.7. The fourth-order valence-corrected chi connectivity index (χ4v) is 4.63. The topological polar surface area (TPSA) is 60.2 Å². The number of aryl methyl sites for hydroxylation is 1. The van der Waals surface area contributed by atoms with Gasteiger partial charge in [0.15, 0.2) is 0 Å². The molecule has 7 heteroatoms. The number of piperidine rings is 1. The van der Waals surface area contributed by atoms with Crippen molar-refractivity contribution in [1.82, 2.24) is 19.7 Å². The third kappa shape index (κ3) is 2.98. The molecule has 1 atom stereocenters. The summed E-state index contributed by atoms with van der Waals surface area (Å²) in [5.41, 5.74) is 1.19. The van der Waals surface area contributed by atoms with E-state index < -0.39 is 0 Å². The van der Waals surface area contributed by atoms with Crippen LogP contribution in [0.2, 0.25) is 0 Å². The van der Waals surface area contributed by atoms with Crippen molar-refractivity contribution in [3.63, 3.8) is 0 Å². The van der Waals surface area contributed by atoms with Crippen LogP contribution in [0.5, 0.6) is 0 Å². The average molecular weight is 346 g/mol. The van der Waals surface area contributed by atoms with Gasteiger partial charge in [-0.25, -0.2) is 4.79 Å². The van der Waals surface area contributed by atoms with Crippen molar-refractivity contribution in [2.24, 2.45) is 0 Å². The first kappa shape index (κ1) is 15.8. The van der Waals surface area contributed by atoms with Gasteiger partial charge in [-0.15, -0.1) is 21.5 Å². The van der Waals surface area contributed by atoms with E-state index in [9.17, 15) is 4.79 Å². The molecule has 0 unspecified atom stereocenters. The molecule has 2 aromatic heterocycles. The number of esters is 1. The summed E-state index contributed by atoms with van der Waals surface area (Å²) in [6.45, 7) is 4.06. The summed E-state index contributed by atoms with van der Waals surface area (Å²) < 4.78 is 7.12. The van der Waals surface area contributed by atoms with Crippen molar-refractivity contribution in [3.05, 3.63) is 33.5 Å². The van der Waals surface area contributed by atoms with Crippen molar-refractivity contribution in [2.75, 3.05) is 20.2 Å². The first-order chi connectivity index (χ1) is 11.7. The molecule has 4 rings (SSSR count). The lowest BCUT2D eigenvalue weighted by Gasteiger charge is -2.32. The Balaban J connectivity index is 1.43. The molecule has 0 radical (unpaired) electrons. The van der Waals surface area contributed by atoms with E-state index >= 15 is 0 Å². The molecule has 0 bridgehead atoms. The highest BCUT2D eigenvalue weighted by Gasteiger charge is 2.28. The third-order valence-electron chi connectivity index (χ3n) is 4.96. The van der Waals surface area contributed by atoms with Gasteiger partial charge in [0.05, 0.1) is 7.11 Å². The Morgan fingerprint density at radius 1 is 1.38 bits per heavy atom. The van der Waals surface area contributed by atoms with Gasteiger partial charge in [0.2, 0.25) is 0 Å². The molecule has 0 amide bonds. The number of nitrogens with zero attached hydrogens (tertiary/aromatic N) is 4. The standard InChI is InChI=1S/C17H22N4O2S/c1-23-17(22)14-8-12(11-24-14)9-20-6-2-4-13(10-20)16-19-18-15-5-3-7-21(15)16/h8,11,13H,2-7,9-10H2,1H3/t13-/m1/s1. The number of aromatic nitrogens is 3. The van der Waals surface area contributed by atoms with Crippen molar-refractivity contribution < 1.29 is 9.53 Å². The van der Waals surface area contributed by atoms with Crippen LogP contribution in [0.1, 0.15) is 52.1 Å². The van der Waals surface area contributed by atoms with Gasteiger partial charge in [-0.2, -0.15) is 0 Å². The van der Waals surface area contributed by atoms with E-state index in [0.717, 1.165) is 38.4 Å². The minimum Gasteiger partial charge on any atom is -0.465 e. The van der Waals surface area contributed by atoms with Crippen LogP contribution < -0.4 is 0 Å². The SMILES string of the molecule is COC(=O)c1cc(CN2CCC[C@@H](c3nnc4n3CCC4)C2)cs1. The molecule has 0 saturated carbocycles. The van der Waals surface area contributed by atoms with Crippen molar-refractivity contribution in [1.29, 1.82) is 0 Å². The number of rotatable bonds is 4. The molecular formula is C17H22N4O2S. The van der Waals surface area contributed by atoms with E-state index in [1.54, 1.807) is 0 Å². The number of hydrogen-bond donors (Lipinski definition) is 0. The molecule has 0 spiro atoms. The maximum atomic E-state index is 11.6. The molecule has 2 aromatic rings. The summed E-state index contributed by atoms with van der Waals surface area (Å²) in [5.74, 6) is 2.55. The molecule has 2 aliphatic heterocycles. The van der Waals surface area contributed by atoms with E-state index in [4.69, 9.17) is 4.74 Å². The Hall–Kier alpha value is -1.73. The number of carbonyl (C=O) groups excluding carboxylic acids is 1. The molecule has 24 heavy (non-hydrogen) atoms. The summed E-state index contributed by atoms with van der Waals surface area (Å²) in [6.07, 6.45) is 4.63. The van der Waals surface area contributed by atoms with Gasteiger partial charge in [-0.3, -0.25) is 4.90 Å². The van der Waals surface area contributed by atoms with Crippen molar-refractivity contribution in [2.45, 2.75) is 44.7 Å². The lowest BCUT2D eigenvalue weighted by atomic mass is 9.97. The number of ether oxygens (including phenoxy) is 1. The molecule has 6 nitrogen and oxygen atoms in total. The van der Waals surface area contributed by atoms with Gasteiger partial charge in [-0.05, 0) is 42.8 Å². The van der Waals surface area contributed by atoms with Gasteiger partial charge in [-0.1, -0.05) is 0 Å². The summed E-state index contributed by atoms with van der Waals surface area (Å²) in [4.78, 5) is 14.7. The summed E-state index contributed by atoms with van der Waals surface area (Å²) in [5, 5.41) is 10.9. The van der Waals surface area contributed by atoms with Crippen LogP contribution in [0.15, 0.2) is 11.4 Å². The van der Waals surface area contributed by atoms with E-state index in [0.29, 0.717) is 10.8 Å². The maximum Gasteiger partial charge on any atom is 0.348 e. The summed E-state index contributed by atoms with van der Waals surface area (Å²) in [7, 11) is 1.42. The molecular weight excluding hydrogens is 324 g/mol. The average Bonchev–Trinajstić information content (AvgIpc) is 3.30. The second-order valence-corrected chi connectivity index (χ2v) is 7.53. The van der Waals surface area contributed by atoms with Gasteiger partial charge in [0, 0.05) is 32.0 Å². The van der Waals surface area contributed by atoms with Gasteiger partial charge in [0.1, 0.15) is 16.5 Å². The van der Waals surface area contributed by atoms with Crippen LogP contribution in [-0.4, -0.2) is 45.8 Å². The second kappa shape index (κ2) is 6.64. The summed E-state index contributed by atoms with van der Waals surface area (Å²) in [6, 6.07) is 1.95. The minimum atomic E-state index is -0.248. The third-order valence-corrected chi connectivity index (χ3v) is 5.91. The lowest BCUT2D eigenvalue weighted by molar-refractivity contribution is 0.0606. The fourth-order valence-electron chi connectivity index (χ4n) is 3.81. The molecule has 1 fully saturated rings. The highest BCUT2D eigenvalue weighted by Crippen LogP contribution is 2.29. The van der Waals surface area contributed by atoms with E-state index in [1.807, 2.05) is 6.07 Å². The first-order valence-corrected chi connectivity index (χ1v) is 9.42. The molecule has 1 saturated heterocycles. The van der Waals surface area contributed by atoms with Crippen LogP contribution >= 0.6 is 11.3 Å². The van der Waals surface area contributed by atoms with E-state index in [1.165, 1.54) is 49.1 Å². The Bertz CT molecular complexity index is 739. The number of thiophene rings is 1. The Kier molecular flexibility index (Phi) is 4.37. The monoisotopic (exact) mass is 346 g/mol. The predicted molar refractivity (Wildman–Crippen MR) is 91.3 cm³/mol. The largest absolute Gasteiger partial charge is 0.465 e. The number of fused-ring (bicyclic) bond motifs is 1. The molecule has 0 aliphatic carbocycles. The molecule has 4 heterocycles. The van der Waals surface area contributed by atoms with Gasteiger partial charge >= 0.3 is 5.97 Å². The number of hydrogen-bond acceptors (Lipinski definition) is 6. The zero-order valence-electron chi connectivity index (χ0n) is 13.9. The second-order valence-electron chi connectivity index (χ2n) is 6.61. The van der Waals surface area contributed by atoms with Crippen molar-refractivity contribution in [3.8, 4) is 0 Å². The van der Waals surface area contributed by atoms with Crippen LogP contribution in [0.3, 0.4) is 0 Å². The smallest absolute Gasteiger partial charge is 0.348 e. The van der Waals surface area contributed by atoms with Crippen LogP contribution in [-0.2, 0) is 24.2 Å². The molecule has 2 aliphatic rings. The van der Waals surface area contributed by atoms with Gasteiger partial charge in [0.25, 0.3) is 0 Å². The first-order valence-electron chi connectivity index (χ1n) is 8.54. The normalized spacial score (nSPS) is 21.0. The highest BCUT2D eigenvalue weighted by molar-refractivity contribution is 7.12. The Morgan fingerprint density at radius 2 is 2.29 bits per heavy atom. The molecule has 0 N–H and O–H groups in total. The fraction of sp³-hybridized carbons (Fsp3) is 0.588. The number of methoxy groups -OCH3 is 1. The number of likely N-dealkylation sites (tertiary alicyclic amines) is 1.